The van der Waals surface area contributed by atoms with E-state index in [0.717, 1.165) is 0 Å². The third-order valence-corrected chi connectivity index (χ3v) is 3.47. The first-order valence-corrected chi connectivity index (χ1v) is 7.68. The van der Waals surface area contributed by atoms with E-state index in [-0.39, 0.29) is 29.6 Å². The van der Waals surface area contributed by atoms with Gasteiger partial charge in [-0.05, 0) is 19.9 Å². The lowest BCUT2D eigenvalue weighted by Gasteiger charge is -2.24. The molecule has 0 amide bonds. The summed E-state index contributed by atoms with van der Waals surface area (Å²) in [6.07, 6.45) is 1.55. The standard InChI is InChI=1S/C14H23Cl2N5O.HI/c1-14(2,22-4)9-21-13(17-3)19-6-5-18-12-11(16)7-10(15)8-20-12;/h7-8H,5-6,9H2,1-4H3,(H,18,20)(H2,17,19,21);1H. The molecule has 9 heteroatoms. The molecule has 0 aliphatic heterocycles. The Balaban J connectivity index is 0.00000484. The molecular weight excluding hydrogens is 452 g/mol. The predicted molar refractivity (Wildman–Crippen MR) is 109 cm³/mol. The number of aliphatic imine (C=N–C) groups is 1. The minimum Gasteiger partial charge on any atom is -0.377 e. The first-order valence-electron chi connectivity index (χ1n) is 6.92. The lowest BCUT2D eigenvalue weighted by atomic mass is 10.1. The van der Waals surface area contributed by atoms with E-state index in [4.69, 9.17) is 27.9 Å². The number of nitrogens with zero attached hydrogens (tertiary/aromatic N) is 2. The van der Waals surface area contributed by atoms with E-state index >= 15 is 0 Å². The van der Waals surface area contributed by atoms with Crippen molar-refractivity contribution in [2.45, 2.75) is 19.4 Å². The Morgan fingerprint density at radius 2 is 2.00 bits per heavy atom. The Labute approximate surface area is 164 Å². The third kappa shape index (κ3) is 8.78. The molecule has 1 aromatic rings. The van der Waals surface area contributed by atoms with E-state index in [0.29, 0.717) is 41.5 Å². The highest BCUT2D eigenvalue weighted by molar-refractivity contribution is 14.0. The smallest absolute Gasteiger partial charge is 0.191 e. The number of pyridine rings is 1. The summed E-state index contributed by atoms with van der Waals surface area (Å²) in [6, 6.07) is 1.65. The minimum atomic E-state index is -0.253. The molecule has 1 rings (SSSR count). The summed E-state index contributed by atoms with van der Waals surface area (Å²) < 4.78 is 5.35. The van der Waals surface area contributed by atoms with Crippen LogP contribution in [0.15, 0.2) is 17.3 Å². The van der Waals surface area contributed by atoms with Crippen LogP contribution in [0.2, 0.25) is 10.0 Å². The summed E-state index contributed by atoms with van der Waals surface area (Å²) >= 11 is 11.8. The normalized spacial score (nSPS) is 11.7. The number of methoxy groups -OCH3 is 1. The number of aromatic nitrogens is 1. The number of anilines is 1. The fourth-order valence-corrected chi connectivity index (χ4v) is 1.94. The van der Waals surface area contributed by atoms with Gasteiger partial charge in [-0.3, -0.25) is 4.99 Å². The maximum Gasteiger partial charge on any atom is 0.191 e. The van der Waals surface area contributed by atoms with Gasteiger partial charge in [-0.1, -0.05) is 23.2 Å². The molecule has 132 valence electrons. The van der Waals surface area contributed by atoms with Crippen molar-refractivity contribution in [2.75, 3.05) is 39.1 Å². The molecule has 0 unspecified atom stereocenters. The van der Waals surface area contributed by atoms with Crippen LogP contribution in [-0.4, -0.2) is 50.3 Å². The van der Waals surface area contributed by atoms with Crippen molar-refractivity contribution in [3.8, 4) is 0 Å². The third-order valence-electron chi connectivity index (χ3n) is 2.98. The van der Waals surface area contributed by atoms with Crippen molar-refractivity contribution in [3.05, 3.63) is 22.3 Å². The van der Waals surface area contributed by atoms with E-state index in [1.807, 2.05) is 13.8 Å². The molecule has 0 fully saturated rings. The summed E-state index contributed by atoms with van der Waals surface area (Å²) in [7, 11) is 3.41. The summed E-state index contributed by atoms with van der Waals surface area (Å²) in [5.41, 5.74) is -0.253. The van der Waals surface area contributed by atoms with Crippen molar-refractivity contribution < 1.29 is 4.74 Å². The Bertz CT molecular complexity index is 514. The molecule has 0 saturated heterocycles. The van der Waals surface area contributed by atoms with Gasteiger partial charge in [0.15, 0.2) is 5.96 Å². The molecule has 3 N–H and O–H groups in total. The molecule has 0 aliphatic rings. The number of hydrogen-bond donors (Lipinski definition) is 3. The van der Waals surface area contributed by atoms with Crippen molar-refractivity contribution in [2.24, 2.45) is 4.99 Å². The Hall–Kier alpha value is -0.510. The van der Waals surface area contributed by atoms with Crippen LogP contribution in [0.25, 0.3) is 0 Å². The topological polar surface area (TPSA) is 70.6 Å². The number of halogens is 3. The Morgan fingerprint density at radius 1 is 1.30 bits per heavy atom. The summed E-state index contributed by atoms with van der Waals surface area (Å²) in [4.78, 5) is 8.28. The molecule has 0 atom stereocenters. The quantitative estimate of drug-likeness (QED) is 0.245. The second-order valence-corrected chi connectivity index (χ2v) is 6.07. The van der Waals surface area contributed by atoms with Crippen LogP contribution in [0.1, 0.15) is 13.8 Å². The average molecular weight is 476 g/mol. The van der Waals surface area contributed by atoms with Crippen LogP contribution < -0.4 is 16.0 Å². The molecule has 0 aliphatic carbocycles. The average Bonchev–Trinajstić information content (AvgIpc) is 2.48. The van der Waals surface area contributed by atoms with Gasteiger partial charge in [0.1, 0.15) is 5.82 Å². The molecule has 1 aromatic heterocycles. The fourth-order valence-electron chi connectivity index (χ4n) is 1.50. The molecule has 1 heterocycles. The van der Waals surface area contributed by atoms with Gasteiger partial charge in [-0.15, -0.1) is 24.0 Å². The molecule has 0 bridgehead atoms. The number of guanidine groups is 1. The second-order valence-electron chi connectivity index (χ2n) is 5.23. The van der Waals surface area contributed by atoms with E-state index in [1.54, 1.807) is 26.4 Å². The Morgan fingerprint density at radius 3 is 2.57 bits per heavy atom. The van der Waals surface area contributed by atoms with Gasteiger partial charge in [0.2, 0.25) is 0 Å². The summed E-state index contributed by atoms with van der Waals surface area (Å²) in [5.74, 6) is 1.32. The zero-order chi connectivity index (χ0) is 16.6. The molecule has 0 aromatic carbocycles. The summed E-state index contributed by atoms with van der Waals surface area (Å²) in [5, 5.41) is 10.5. The van der Waals surface area contributed by atoms with Crippen molar-refractivity contribution in [3.63, 3.8) is 0 Å². The second kappa shape index (κ2) is 11.1. The lowest BCUT2D eigenvalue weighted by Crippen LogP contribution is -2.46. The predicted octanol–water partition coefficient (Wildman–Crippen LogP) is 3.01. The number of nitrogens with one attached hydrogen (secondary N) is 3. The van der Waals surface area contributed by atoms with Gasteiger partial charge in [0.25, 0.3) is 0 Å². The van der Waals surface area contributed by atoms with Crippen LogP contribution in [0.4, 0.5) is 5.82 Å². The maximum absolute atomic E-state index is 6.03. The van der Waals surface area contributed by atoms with Crippen LogP contribution >= 0.6 is 47.2 Å². The van der Waals surface area contributed by atoms with Crippen LogP contribution in [0, 0.1) is 0 Å². The largest absolute Gasteiger partial charge is 0.377 e. The maximum atomic E-state index is 6.03. The van der Waals surface area contributed by atoms with E-state index in [1.165, 1.54) is 0 Å². The Kier molecular flexibility index (Phi) is 10.9. The van der Waals surface area contributed by atoms with Crippen LogP contribution in [0.5, 0.6) is 0 Å². The van der Waals surface area contributed by atoms with Crippen molar-refractivity contribution >= 4 is 59.0 Å². The highest BCUT2D eigenvalue weighted by Gasteiger charge is 2.16. The zero-order valence-electron chi connectivity index (χ0n) is 13.7. The van der Waals surface area contributed by atoms with Gasteiger partial charge in [0, 0.05) is 40.0 Å². The zero-order valence-corrected chi connectivity index (χ0v) is 17.6. The highest BCUT2D eigenvalue weighted by Crippen LogP contribution is 2.21. The molecular formula is C14H24Cl2IN5O. The molecule has 0 saturated carbocycles. The lowest BCUT2D eigenvalue weighted by molar-refractivity contribution is 0.0268. The van der Waals surface area contributed by atoms with Gasteiger partial charge in [-0.25, -0.2) is 4.98 Å². The molecule has 0 radical (unpaired) electrons. The van der Waals surface area contributed by atoms with Gasteiger partial charge in [-0.2, -0.15) is 0 Å². The van der Waals surface area contributed by atoms with E-state index in [2.05, 4.69) is 25.9 Å². The van der Waals surface area contributed by atoms with Crippen LogP contribution in [0.3, 0.4) is 0 Å². The van der Waals surface area contributed by atoms with Gasteiger partial charge < -0.3 is 20.7 Å². The first kappa shape index (κ1) is 22.5. The molecule has 6 nitrogen and oxygen atoms in total. The number of ether oxygens (including phenoxy) is 1. The number of rotatable bonds is 7. The van der Waals surface area contributed by atoms with E-state index in [9.17, 15) is 0 Å². The first-order chi connectivity index (χ1) is 10.4. The SMILES string of the molecule is CN=C(NCCNc1ncc(Cl)cc1Cl)NCC(C)(C)OC.I. The molecule has 0 spiro atoms. The van der Waals surface area contributed by atoms with Gasteiger partial charge >= 0.3 is 0 Å². The molecule has 23 heavy (non-hydrogen) atoms. The fraction of sp³-hybridized carbons (Fsp3) is 0.571. The monoisotopic (exact) mass is 475 g/mol. The van der Waals surface area contributed by atoms with Crippen molar-refractivity contribution in [1.29, 1.82) is 0 Å². The van der Waals surface area contributed by atoms with Crippen LogP contribution in [-0.2, 0) is 4.74 Å². The van der Waals surface area contributed by atoms with Gasteiger partial charge in [0.05, 0.1) is 15.6 Å². The van der Waals surface area contributed by atoms with Crippen molar-refractivity contribution in [1.82, 2.24) is 15.6 Å². The highest BCUT2D eigenvalue weighted by atomic mass is 127. The minimum absolute atomic E-state index is 0. The van der Waals surface area contributed by atoms with E-state index < -0.39 is 0 Å². The number of hydrogen-bond acceptors (Lipinski definition) is 4. The summed E-state index contributed by atoms with van der Waals surface area (Å²) in [6.45, 7) is 5.96.